The molecule has 6 nitrogen and oxygen atoms in total. The van der Waals surface area contributed by atoms with Crippen LogP contribution in [0.15, 0.2) is 11.0 Å². The van der Waals surface area contributed by atoms with Gasteiger partial charge in [0.25, 0.3) is 0 Å². The van der Waals surface area contributed by atoms with E-state index in [0.29, 0.717) is 11.3 Å². The minimum atomic E-state index is -3.74. The fourth-order valence-corrected chi connectivity index (χ4v) is 4.13. The van der Waals surface area contributed by atoms with Crippen LogP contribution >= 0.6 is 11.3 Å². The van der Waals surface area contributed by atoms with E-state index >= 15 is 0 Å². The maximum Gasteiger partial charge on any atom is 0.345 e. The summed E-state index contributed by atoms with van der Waals surface area (Å²) in [6, 6.07) is 0.739. The molecule has 1 rings (SSSR count). The molecule has 0 fully saturated rings. The van der Waals surface area contributed by atoms with Crippen molar-refractivity contribution >= 4 is 27.3 Å². The van der Waals surface area contributed by atoms with Crippen LogP contribution in [0.5, 0.6) is 0 Å². The van der Waals surface area contributed by atoms with Crippen LogP contribution in [-0.4, -0.2) is 37.2 Å². The molecule has 0 aliphatic rings. The Hall–Kier alpha value is -0.960. The smallest absolute Gasteiger partial charge is 0.345 e. The van der Waals surface area contributed by atoms with Crippen molar-refractivity contribution in [3.05, 3.63) is 15.8 Å². The van der Waals surface area contributed by atoms with Crippen LogP contribution < -0.4 is 4.72 Å². The fourth-order valence-electron chi connectivity index (χ4n) is 1.42. The highest BCUT2D eigenvalue weighted by molar-refractivity contribution is 7.89. The Morgan fingerprint density at radius 1 is 1.56 bits per heavy atom. The SMILES string of the molecule is Cc1sc(C(=O)O)cc1S(=O)(=O)NC(C)CCO. The second kappa shape index (κ2) is 5.79. The highest BCUT2D eigenvalue weighted by Crippen LogP contribution is 2.25. The van der Waals surface area contributed by atoms with Crippen LogP contribution in [0.4, 0.5) is 0 Å². The highest BCUT2D eigenvalue weighted by Gasteiger charge is 2.23. The molecule has 1 aromatic rings. The van der Waals surface area contributed by atoms with Gasteiger partial charge in [0.1, 0.15) is 4.88 Å². The lowest BCUT2D eigenvalue weighted by Crippen LogP contribution is -2.33. The summed E-state index contributed by atoms with van der Waals surface area (Å²) >= 11 is 0.922. The van der Waals surface area contributed by atoms with E-state index in [2.05, 4.69) is 4.72 Å². The standard InChI is InChI=1S/C10H15NO5S2/c1-6(3-4-12)11-18(15,16)9-5-8(10(13)14)17-7(9)2/h5-6,11-12H,3-4H2,1-2H3,(H,13,14). The number of hydrogen-bond donors (Lipinski definition) is 3. The summed E-state index contributed by atoms with van der Waals surface area (Å²) in [4.78, 5) is 11.2. The molecule has 0 saturated carbocycles. The van der Waals surface area contributed by atoms with E-state index in [4.69, 9.17) is 10.2 Å². The second-order valence-electron chi connectivity index (χ2n) is 3.87. The monoisotopic (exact) mass is 293 g/mol. The molecule has 0 aromatic carbocycles. The molecule has 0 aliphatic heterocycles. The van der Waals surface area contributed by atoms with Gasteiger partial charge >= 0.3 is 5.97 Å². The van der Waals surface area contributed by atoms with Gasteiger partial charge in [0.15, 0.2) is 0 Å². The topological polar surface area (TPSA) is 104 Å². The number of rotatable bonds is 6. The largest absolute Gasteiger partial charge is 0.477 e. The number of hydrogen-bond acceptors (Lipinski definition) is 5. The number of aliphatic hydroxyl groups excluding tert-OH is 1. The van der Waals surface area contributed by atoms with Crippen LogP contribution in [-0.2, 0) is 10.0 Å². The van der Waals surface area contributed by atoms with Crippen molar-refractivity contribution in [3.63, 3.8) is 0 Å². The summed E-state index contributed by atoms with van der Waals surface area (Å²) in [5.74, 6) is -1.15. The first kappa shape index (κ1) is 15.1. The number of carboxylic acids is 1. The third-order valence-electron chi connectivity index (χ3n) is 2.29. The van der Waals surface area contributed by atoms with Gasteiger partial charge in [0, 0.05) is 17.5 Å². The Kier molecular flexibility index (Phi) is 4.85. The molecule has 0 spiro atoms. The van der Waals surface area contributed by atoms with Crippen LogP contribution in [0.3, 0.4) is 0 Å². The summed E-state index contributed by atoms with van der Waals surface area (Å²) in [5, 5.41) is 17.5. The number of aliphatic hydroxyl groups is 1. The average molecular weight is 293 g/mol. The quantitative estimate of drug-likeness (QED) is 0.720. The number of nitrogens with one attached hydrogen (secondary N) is 1. The molecule has 0 bridgehead atoms. The molecular formula is C10H15NO5S2. The van der Waals surface area contributed by atoms with Crippen LogP contribution in [0, 0.1) is 6.92 Å². The highest BCUT2D eigenvalue weighted by atomic mass is 32.2. The Balaban J connectivity index is 3.01. The summed E-state index contributed by atoms with van der Waals surface area (Å²) in [5.41, 5.74) is 0. The molecule has 0 radical (unpaired) electrons. The van der Waals surface area contributed by atoms with E-state index < -0.39 is 22.0 Å². The number of thiophene rings is 1. The minimum absolute atomic E-state index is 0.0114. The van der Waals surface area contributed by atoms with Crippen molar-refractivity contribution in [1.82, 2.24) is 4.72 Å². The van der Waals surface area contributed by atoms with E-state index in [-0.39, 0.29) is 16.4 Å². The van der Waals surface area contributed by atoms with E-state index in [0.717, 1.165) is 17.4 Å². The summed E-state index contributed by atoms with van der Waals surface area (Å²) < 4.78 is 26.4. The summed E-state index contributed by atoms with van der Waals surface area (Å²) in [7, 11) is -3.74. The van der Waals surface area contributed by atoms with E-state index in [9.17, 15) is 13.2 Å². The van der Waals surface area contributed by atoms with Crippen LogP contribution in [0.25, 0.3) is 0 Å². The van der Waals surface area contributed by atoms with Gasteiger partial charge in [-0.15, -0.1) is 11.3 Å². The Bertz CT molecular complexity index is 534. The molecule has 3 N–H and O–H groups in total. The molecule has 18 heavy (non-hydrogen) atoms. The number of aromatic carboxylic acids is 1. The lowest BCUT2D eigenvalue weighted by molar-refractivity contribution is 0.0702. The van der Waals surface area contributed by atoms with Crippen molar-refractivity contribution < 1.29 is 23.4 Å². The molecule has 0 aliphatic carbocycles. The minimum Gasteiger partial charge on any atom is -0.477 e. The summed E-state index contributed by atoms with van der Waals surface area (Å²) in [6.45, 7) is 3.07. The van der Waals surface area contributed by atoms with Gasteiger partial charge < -0.3 is 10.2 Å². The first-order valence-corrected chi connectivity index (χ1v) is 7.55. The molecule has 1 heterocycles. The molecule has 8 heteroatoms. The van der Waals surface area contributed by atoms with Gasteiger partial charge in [-0.1, -0.05) is 0 Å². The predicted octanol–water partition coefficient (Wildman–Crippen LogP) is 0.804. The van der Waals surface area contributed by atoms with Crippen LogP contribution in [0.1, 0.15) is 27.9 Å². The Labute approximate surface area is 109 Å². The van der Waals surface area contributed by atoms with Crippen molar-refractivity contribution in [1.29, 1.82) is 0 Å². The van der Waals surface area contributed by atoms with Gasteiger partial charge in [-0.2, -0.15) is 0 Å². The predicted molar refractivity (Wildman–Crippen MR) is 67.5 cm³/mol. The van der Waals surface area contributed by atoms with Crippen molar-refractivity contribution in [2.45, 2.75) is 31.2 Å². The van der Waals surface area contributed by atoms with Gasteiger partial charge in [0.2, 0.25) is 10.0 Å². The summed E-state index contributed by atoms with van der Waals surface area (Å²) in [6.07, 6.45) is 0.300. The molecule has 0 saturated heterocycles. The number of sulfonamides is 1. The first-order chi connectivity index (χ1) is 8.27. The van der Waals surface area contributed by atoms with Gasteiger partial charge in [0.05, 0.1) is 4.90 Å². The third kappa shape index (κ3) is 3.52. The lowest BCUT2D eigenvalue weighted by atomic mass is 10.3. The Morgan fingerprint density at radius 2 is 2.17 bits per heavy atom. The maximum absolute atomic E-state index is 12.0. The molecule has 0 amide bonds. The molecule has 102 valence electrons. The lowest BCUT2D eigenvalue weighted by Gasteiger charge is -2.12. The van der Waals surface area contributed by atoms with Crippen molar-refractivity contribution in [3.8, 4) is 0 Å². The Morgan fingerprint density at radius 3 is 2.61 bits per heavy atom. The zero-order chi connectivity index (χ0) is 13.9. The number of carboxylic acid groups (broad SMARTS) is 1. The fraction of sp³-hybridized carbons (Fsp3) is 0.500. The zero-order valence-corrected chi connectivity index (χ0v) is 11.6. The van der Waals surface area contributed by atoms with Crippen molar-refractivity contribution in [2.75, 3.05) is 6.61 Å². The molecule has 1 aromatic heterocycles. The number of carbonyl (C=O) groups is 1. The molecule has 1 unspecified atom stereocenters. The average Bonchev–Trinajstić information content (AvgIpc) is 2.60. The van der Waals surface area contributed by atoms with Gasteiger partial charge in [-0.25, -0.2) is 17.9 Å². The number of aryl methyl sites for hydroxylation is 1. The normalized spacial score (nSPS) is 13.5. The first-order valence-electron chi connectivity index (χ1n) is 5.25. The van der Waals surface area contributed by atoms with E-state index in [1.807, 2.05) is 0 Å². The van der Waals surface area contributed by atoms with Crippen molar-refractivity contribution in [2.24, 2.45) is 0 Å². The van der Waals surface area contributed by atoms with E-state index in [1.165, 1.54) is 0 Å². The maximum atomic E-state index is 12.0. The second-order valence-corrected chi connectivity index (χ2v) is 6.81. The van der Waals surface area contributed by atoms with E-state index in [1.54, 1.807) is 13.8 Å². The third-order valence-corrected chi connectivity index (χ3v) is 5.17. The van der Waals surface area contributed by atoms with Gasteiger partial charge in [-0.05, 0) is 26.3 Å². The van der Waals surface area contributed by atoms with Crippen LogP contribution in [0.2, 0.25) is 0 Å². The molecule has 1 atom stereocenters. The van der Waals surface area contributed by atoms with Gasteiger partial charge in [-0.3, -0.25) is 0 Å². The zero-order valence-electron chi connectivity index (χ0n) is 10.0. The molecular weight excluding hydrogens is 278 g/mol.